The third-order valence-corrected chi connectivity index (χ3v) is 4.37. The van der Waals surface area contributed by atoms with E-state index in [1.165, 1.54) is 35.7 Å². The van der Waals surface area contributed by atoms with Crippen LogP contribution >= 0.6 is 20.8 Å². The normalized spacial score (nSPS) is 15.9. The van der Waals surface area contributed by atoms with E-state index in [-0.39, 0.29) is 0 Å². The molecule has 2 heteroatoms. The first kappa shape index (κ1) is 10.5. The maximum absolute atomic E-state index is 6.28. The van der Waals surface area contributed by atoms with Crippen molar-refractivity contribution in [3.8, 4) is 0 Å². The summed E-state index contributed by atoms with van der Waals surface area (Å²) in [7, 11) is 2.74. The molecule has 0 spiro atoms. The molecule has 76 valence electrons. The Hall–Kier alpha value is -0.0600. The third-order valence-electron chi connectivity index (χ3n) is 3.00. The van der Waals surface area contributed by atoms with Crippen molar-refractivity contribution in [2.45, 2.75) is 32.6 Å². The van der Waals surface area contributed by atoms with Crippen molar-refractivity contribution in [1.29, 1.82) is 0 Å². The predicted octanol–water partition coefficient (Wildman–Crippen LogP) is 3.49. The zero-order valence-electron chi connectivity index (χ0n) is 8.52. The molecule has 1 unspecified atom stereocenters. The van der Waals surface area contributed by atoms with Gasteiger partial charge in [0.1, 0.15) is 0 Å². The summed E-state index contributed by atoms with van der Waals surface area (Å²) in [6.07, 6.45) is 5.31. The van der Waals surface area contributed by atoms with Crippen molar-refractivity contribution >= 4 is 26.1 Å². The molecule has 0 heterocycles. The molecule has 0 nitrogen and oxygen atoms in total. The summed E-state index contributed by atoms with van der Waals surface area (Å²) in [6, 6.07) is 4.34. The molecule has 1 aromatic carbocycles. The van der Waals surface area contributed by atoms with Crippen molar-refractivity contribution in [3.63, 3.8) is 0 Å². The molecular weight excluding hydrogens is 211 g/mol. The molecular formula is C12H16ClP. The van der Waals surface area contributed by atoms with Gasteiger partial charge in [-0.15, -0.1) is 9.24 Å². The van der Waals surface area contributed by atoms with Crippen LogP contribution in [-0.2, 0) is 6.42 Å². The summed E-state index contributed by atoms with van der Waals surface area (Å²) in [5.74, 6) is 0.986. The van der Waals surface area contributed by atoms with E-state index in [0.717, 1.165) is 17.4 Å². The zero-order chi connectivity index (χ0) is 10.1. The van der Waals surface area contributed by atoms with Gasteiger partial charge in [-0.3, -0.25) is 0 Å². The van der Waals surface area contributed by atoms with Crippen molar-refractivity contribution in [2.24, 2.45) is 5.92 Å². The van der Waals surface area contributed by atoms with Crippen LogP contribution in [0.3, 0.4) is 0 Å². The molecule has 0 bridgehead atoms. The minimum atomic E-state index is 0.954. The third kappa shape index (κ3) is 2.30. The zero-order valence-corrected chi connectivity index (χ0v) is 10.4. The topological polar surface area (TPSA) is 0 Å². The average molecular weight is 227 g/mol. The van der Waals surface area contributed by atoms with Crippen LogP contribution in [0, 0.1) is 12.8 Å². The van der Waals surface area contributed by atoms with Crippen molar-refractivity contribution in [3.05, 3.63) is 28.3 Å². The molecule has 0 radical (unpaired) electrons. The second kappa shape index (κ2) is 4.21. The first-order valence-corrected chi connectivity index (χ1v) is 6.17. The number of hydrogen-bond donors (Lipinski definition) is 0. The van der Waals surface area contributed by atoms with Crippen LogP contribution in [-0.4, -0.2) is 0 Å². The van der Waals surface area contributed by atoms with E-state index in [0.29, 0.717) is 0 Å². The van der Waals surface area contributed by atoms with Gasteiger partial charge in [-0.1, -0.05) is 36.6 Å². The summed E-state index contributed by atoms with van der Waals surface area (Å²) in [4.78, 5) is 0. The van der Waals surface area contributed by atoms with E-state index in [9.17, 15) is 0 Å². The molecule has 1 aromatic rings. The molecule has 0 aromatic heterocycles. The van der Waals surface area contributed by atoms with Gasteiger partial charge in [-0.25, -0.2) is 0 Å². The summed E-state index contributed by atoms with van der Waals surface area (Å²) in [5, 5.41) is 2.12. The highest BCUT2D eigenvalue weighted by Crippen LogP contribution is 2.34. The van der Waals surface area contributed by atoms with E-state index in [1.54, 1.807) is 0 Å². The van der Waals surface area contributed by atoms with Gasteiger partial charge in [0.25, 0.3) is 0 Å². The minimum absolute atomic E-state index is 0.954. The lowest BCUT2D eigenvalue weighted by Gasteiger charge is -2.08. The number of rotatable bonds is 3. The fourth-order valence-corrected chi connectivity index (χ4v) is 2.28. The summed E-state index contributed by atoms with van der Waals surface area (Å²) >= 11 is 6.28. The van der Waals surface area contributed by atoms with Gasteiger partial charge in [0.05, 0.1) is 5.02 Å². The van der Waals surface area contributed by atoms with E-state index >= 15 is 0 Å². The van der Waals surface area contributed by atoms with Gasteiger partial charge in [0, 0.05) is 0 Å². The maximum atomic E-state index is 6.28. The molecule has 0 N–H and O–H groups in total. The lowest BCUT2D eigenvalue weighted by Crippen LogP contribution is -2.02. The quantitative estimate of drug-likeness (QED) is 0.693. The molecule has 14 heavy (non-hydrogen) atoms. The summed E-state index contributed by atoms with van der Waals surface area (Å²) < 4.78 is 0. The smallest absolute Gasteiger partial charge is 0.0512 e. The van der Waals surface area contributed by atoms with Gasteiger partial charge in [-0.05, 0) is 42.1 Å². The lowest BCUT2D eigenvalue weighted by atomic mass is 10.1. The number of aryl methyl sites for hydroxylation is 2. The van der Waals surface area contributed by atoms with E-state index in [2.05, 4.69) is 28.3 Å². The average Bonchev–Trinajstić information content (AvgIpc) is 2.97. The van der Waals surface area contributed by atoms with Crippen LogP contribution in [0.15, 0.2) is 12.1 Å². The monoisotopic (exact) mass is 226 g/mol. The molecule has 1 atom stereocenters. The molecule has 1 fully saturated rings. The standard InChI is InChI=1S/C12H16ClP/c1-8-2-6-10(11(13)12(8)14)7-5-9-3-4-9/h2,6,9H,3-5,7,14H2,1H3. The Kier molecular flexibility index (Phi) is 3.14. The highest BCUT2D eigenvalue weighted by Gasteiger charge is 2.21. The van der Waals surface area contributed by atoms with Gasteiger partial charge < -0.3 is 0 Å². The molecule has 0 amide bonds. The maximum Gasteiger partial charge on any atom is 0.0512 e. The largest absolute Gasteiger partial charge is 0.104 e. The molecule has 0 aliphatic heterocycles. The van der Waals surface area contributed by atoms with Crippen LogP contribution in [0.5, 0.6) is 0 Å². The fraction of sp³-hybridized carbons (Fsp3) is 0.500. The molecule has 1 saturated carbocycles. The van der Waals surface area contributed by atoms with E-state index in [4.69, 9.17) is 11.6 Å². The Morgan fingerprint density at radius 1 is 1.43 bits per heavy atom. The SMILES string of the molecule is Cc1ccc(CCC2CC2)c(Cl)c1P. The summed E-state index contributed by atoms with van der Waals surface area (Å²) in [5.41, 5.74) is 2.57. The van der Waals surface area contributed by atoms with E-state index in [1.807, 2.05) is 0 Å². The Bertz CT molecular complexity index is 342. The van der Waals surface area contributed by atoms with Crippen LogP contribution in [0.2, 0.25) is 5.02 Å². The highest BCUT2D eigenvalue weighted by atomic mass is 35.5. The van der Waals surface area contributed by atoms with Gasteiger partial charge >= 0.3 is 0 Å². The first-order valence-electron chi connectivity index (χ1n) is 5.22. The fourth-order valence-electron chi connectivity index (χ4n) is 1.69. The Morgan fingerprint density at radius 3 is 2.79 bits per heavy atom. The van der Waals surface area contributed by atoms with E-state index < -0.39 is 0 Å². The molecule has 1 aliphatic carbocycles. The molecule has 0 saturated heterocycles. The number of hydrogen-bond acceptors (Lipinski definition) is 0. The summed E-state index contributed by atoms with van der Waals surface area (Å²) in [6.45, 7) is 2.10. The number of benzene rings is 1. The highest BCUT2D eigenvalue weighted by molar-refractivity contribution is 7.28. The number of halogens is 1. The van der Waals surface area contributed by atoms with Crippen molar-refractivity contribution < 1.29 is 0 Å². The Morgan fingerprint density at radius 2 is 2.14 bits per heavy atom. The van der Waals surface area contributed by atoms with Gasteiger partial charge in [0.15, 0.2) is 0 Å². The predicted molar refractivity (Wildman–Crippen MR) is 66.6 cm³/mol. The van der Waals surface area contributed by atoms with Gasteiger partial charge in [-0.2, -0.15) is 0 Å². The van der Waals surface area contributed by atoms with Crippen molar-refractivity contribution in [1.82, 2.24) is 0 Å². The Balaban J connectivity index is 2.11. The lowest BCUT2D eigenvalue weighted by molar-refractivity contribution is 0.727. The van der Waals surface area contributed by atoms with Gasteiger partial charge in [0.2, 0.25) is 0 Å². The van der Waals surface area contributed by atoms with Crippen LogP contribution in [0.25, 0.3) is 0 Å². The van der Waals surface area contributed by atoms with Crippen LogP contribution in [0.1, 0.15) is 30.4 Å². The second-order valence-corrected chi connectivity index (χ2v) is 5.21. The van der Waals surface area contributed by atoms with Crippen molar-refractivity contribution in [2.75, 3.05) is 0 Å². The Labute approximate surface area is 93.2 Å². The minimum Gasteiger partial charge on any atom is -0.104 e. The van der Waals surface area contributed by atoms with Crippen LogP contribution in [0.4, 0.5) is 0 Å². The molecule has 2 rings (SSSR count). The first-order chi connectivity index (χ1) is 6.68. The second-order valence-electron chi connectivity index (χ2n) is 4.25. The molecule has 1 aliphatic rings. The van der Waals surface area contributed by atoms with Crippen LogP contribution < -0.4 is 5.30 Å².